The van der Waals surface area contributed by atoms with E-state index in [2.05, 4.69) is 333 Å². The van der Waals surface area contributed by atoms with Gasteiger partial charge < -0.3 is 14.2 Å². The third-order valence-corrected chi connectivity index (χ3v) is 31.2. The molecule has 16 aromatic rings. The van der Waals surface area contributed by atoms with E-state index in [0.29, 0.717) is 41.4 Å². The molecule has 111 heavy (non-hydrogen) atoms. The minimum Gasteiger partial charge on any atom is -0.455 e. The Hall–Kier alpha value is -11.3. The van der Waals surface area contributed by atoms with E-state index in [1.165, 1.54) is 179 Å². The minimum absolute atomic E-state index is 0.0320. The van der Waals surface area contributed by atoms with E-state index in [1.54, 1.807) is 22.3 Å². The number of benzene rings is 14. The van der Waals surface area contributed by atoms with Crippen molar-refractivity contribution in [1.29, 1.82) is 0 Å². The highest BCUT2D eigenvalue weighted by Gasteiger charge is 2.65. The molecule has 0 atom stereocenters. The minimum atomic E-state index is -0.178. The molecule has 0 amide bonds. The van der Waals surface area contributed by atoms with Gasteiger partial charge in [-0.3, -0.25) is 0 Å². The number of furan rings is 1. The second-order valence-electron chi connectivity index (χ2n) is 35.3. The van der Waals surface area contributed by atoms with Crippen LogP contribution in [0.1, 0.15) is 116 Å². The summed E-state index contributed by atoms with van der Waals surface area (Å²) in [6, 6.07) is 120. The third kappa shape index (κ3) is 8.70. The van der Waals surface area contributed by atoms with Gasteiger partial charge in [-0.2, -0.15) is 0 Å². The van der Waals surface area contributed by atoms with Gasteiger partial charge in [0.1, 0.15) is 11.2 Å². The highest BCUT2D eigenvalue weighted by Crippen LogP contribution is 2.75. The maximum atomic E-state index is 6.79. The number of thiophene rings is 1. The summed E-state index contributed by atoms with van der Waals surface area (Å²) in [6.45, 7) is 4.84. The molecule has 8 saturated carbocycles. The molecule has 8 fully saturated rings. The molecular formula is C107H84N2OS. The average Bonchev–Trinajstić information content (AvgIpc) is 1.54. The van der Waals surface area contributed by atoms with Gasteiger partial charge in [-0.25, -0.2) is 0 Å². The number of para-hydroxylation sites is 2. The number of hydrogen-bond donors (Lipinski definition) is 0. The van der Waals surface area contributed by atoms with Crippen molar-refractivity contribution in [2.75, 3.05) is 9.80 Å². The molecule has 2 aromatic heterocycles. The fraction of sp³-hybridized carbons (Fsp3) is 0.215. The Morgan fingerprint density at radius 2 is 0.811 bits per heavy atom. The van der Waals surface area contributed by atoms with Crippen LogP contribution in [0.4, 0.5) is 34.1 Å². The Kier molecular flexibility index (Phi) is 13.4. The first-order valence-electron chi connectivity index (χ1n) is 41.3. The lowest BCUT2D eigenvalue weighted by Crippen LogP contribution is -2.57. The van der Waals surface area contributed by atoms with E-state index >= 15 is 0 Å². The van der Waals surface area contributed by atoms with Gasteiger partial charge in [0.15, 0.2) is 0 Å². The van der Waals surface area contributed by atoms with Crippen molar-refractivity contribution in [3.05, 3.63) is 348 Å². The lowest BCUT2D eigenvalue weighted by Gasteiger charge is -2.63. The molecule has 534 valence electrons. The molecule has 2 spiro atoms. The molecule has 11 aliphatic rings. The van der Waals surface area contributed by atoms with Crippen LogP contribution in [0.5, 0.6) is 0 Å². The number of nitrogens with zero attached hydrogens (tertiary/aromatic N) is 2. The fourth-order valence-corrected chi connectivity index (χ4v) is 27.5. The normalized spacial score (nSPS) is 24.6. The smallest absolute Gasteiger partial charge is 0.143 e. The van der Waals surface area contributed by atoms with Crippen molar-refractivity contribution < 1.29 is 4.42 Å². The molecule has 3 nitrogen and oxygen atoms in total. The van der Waals surface area contributed by atoms with Crippen molar-refractivity contribution in [3.63, 3.8) is 0 Å². The first-order valence-corrected chi connectivity index (χ1v) is 42.1. The van der Waals surface area contributed by atoms with Gasteiger partial charge in [0.25, 0.3) is 0 Å². The number of anilines is 6. The summed E-state index contributed by atoms with van der Waals surface area (Å²) in [5.74, 6) is 5.67. The second kappa shape index (κ2) is 23.4. The van der Waals surface area contributed by atoms with E-state index in [0.717, 1.165) is 50.6 Å². The van der Waals surface area contributed by atoms with Gasteiger partial charge in [0.2, 0.25) is 0 Å². The topological polar surface area (TPSA) is 19.6 Å². The summed E-state index contributed by atoms with van der Waals surface area (Å²) in [5.41, 5.74) is 35.2. The summed E-state index contributed by atoms with van der Waals surface area (Å²) in [7, 11) is 0. The molecule has 27 rings (SSSR count). The highest BCUT2D eigenvalue weighted by molar-refractivity contribution is 7.26. The van der Waals surface area contributed by atoms with E-state index in [1.807, 2.05) is 11.3 Å². The monoisotopic (exact) mass is 1440 g/mol. The summed E-state index contributed by atoms with van der Waals surface area (Å²) < 4.78 is 9.47. The molecule has 2 heterocycles. The van der Waals surface area contributed by atoms with Gasteiger partial charge >= 0.3 is 0 Å². The quantitative estimate of drug-likeness (QED) is 0.136. The number of fused-ring (bicyclic) bond motifs is 15. The molecule has 4 heteroatoms. The summed E-state index contributed by atoms with van der Waals surface area (Å²) in [6.07, 6.45) is 11.7. The SMILES string of the molecule is CC1(C)c2ccccc2-c2ccc(N(c3cccc(-c4cccc5c4oc4ccccc45)c3)c3cccc4c3-c3ccccc3C43C4CC5CC3CC(C4)C5c3ccc(N(c4cccc(-c5cccc6c5sc5ccccc56)c4)c4cccc5c4-c4ccccc4C54C5CC6CC(C5)CC4C6)c(-c4ccccc4)c3)cc21. The third-order valence-electron chi connectivity index (χ3n) is 30.0. The van der Waals surface area contributed by atoms with Crippen LogP contribution in [-0.4, -0.2) is 0 Å². The van der Waals surface area contributed by atoms with Crippen LogP contribution < -0.4 is 9.80 Å². The van der Waals surface area contributed by atoms with Crippen molar-refractivity contribution in [1.82, 2.24) is 0 Å². The van der Waals surface area contributed by atoms with Crippen molar-refractivity contribution in [2.45, 2.75) is 93.8 Å². The summed E-state index contributed by atoms with van der Waals surface area (Å²) in [4.78, 5) is 5.37. The van der Waals surface area contributed by atoms with Crippen molar-refractivity contribution in [2.24, 2.45) is 47.3 Å². The van der Waals surface area contributed by atoms with Crippen LogP contribution in [-0.2, 0) is 16.2 Å². The molecule has 0 radical (unpaired) electrons. The van der Waals surface area contributed by atoms with Crippen LogP contribution >= 0.6 is 11.3 Å². The van der Waals surface area contributed by atoms with Crippen LogP contribution in [0.15, 0.2) is 314 Å². The first-order chi connectivity index (χ1) is 54.7. The largest absolute Gasteiger partial charge is 0.455 e. The van der Waals surface area contributed by atoms with Gasteiger partial charge in [0.05, 0.1) is 17.1 Å². The van der Waals surface area contributed by atoms with E-state index in [-0.39, 0.29) is 16.2 Å². The van der Waals surface area contributed by atoms with Crippen molar-refractivity contribution >= 4 is 87.6 Å². The molecule has 0 N–H and O–H groups in total. The highest BCUT2D eigenvalue weighted by atomic mass is 32.1. The molecule has 0 aliphatic heterocycles. The van der Waals surface area contributed by atoms with E-state index in [9.17, 15) is 0 Å². The average molecular weight is 1450 g/mol. The van der Waals surface area contributed by atoms with Gasteiger partial charge in [-0.1, -0.05) is 250 Å². The van der Waals surface area contributed by atoms with Crippen LogP contribution in [0.2, 0.25) is 0 Å². The maximum absolute atomic E-state index is 6.79. The zero-order valence-electron chi connectivity index (χ0n) is 62.7. The Morgan fingerprint density at radius 1 is 0.315 bits per heavy atom. The number of rotatable bonds is 10. The molecule has 0 unspecified atom stereocenters. The van der Waals surface area contributed by atoms with Gasteiger partial charge in [-0.05, 0) is 267 Å². The predicted molar refractivity (Wildman–Crippen MR) is 461 cm³/mol. The van der Waals surface area contributed by atoms with Crippen LogP contribution in [0.25, 0.3) is 109 Å². The number of hydrogen-bond acceptors (Lipinski definition) is 4. The Morgan fingerprint density at radius 3 is 1.50 bits per heavy atom. The van der Waals surface area contributed by atoms with Crippen LogP contribution in [0.3, 0.4) is 0 Å². The molecule has 14 aromatic carbocycles. The lowest BCUT2D eigenvalue weighted by molar-refractivity contribution is -0.0570. The molecule has 8 bridgehead atoms. The maximum Gasteiger partial charge on any atom is 0.143 e. The Balaban J connectivity index is 0.624. The van der Waals surface area contributed by atoms with Crippen molar-refractivity contribution in [3.8, 4) is 66.8 Å². The first kappa shape index (κ1) is 63.5. The van der Waals surface area contributed by atoms with E-state index in [4.69, 9.17) is 4.42 Å². The zero-order chi connectivity index (χ0) is 72.7. The lowest BCUT2D eigenvalue weighted by atomic mass is 9.40. The fourth-order valence-electron chi connectivity index (χ4n) is 26.3. The summed E-state index contributed by atoms with van der Waals surface area (Å²) >= 11 is 1.93. The molecule has 11 aliphatic carbocycles. The Labute approximate surface area is 653 Å². The standard InChI is InChI=1S/C107H84N2OS/c1-105(2)89-37-11-6-28-80(89)81-48-47-77(62-94(81)105)108(75-26-16-24-66(59-75)78-33-18-35-84-82-29-9-14-44-98(82)110-103(78)84)96-42-20-40-92-101(96)86-31-7-13-39-91(86)107(92)73-55-69-56-74(107)58-70(57-73)100(69)68-46-49-95(88(61-68)65-22-4-3-5-23-65)109(76-27-17-25-67(60-76)79-34-19-36-85-83-30-10-15-45-99(83)111-104(79)85)97-43-21-41-93-102(97)87-32-8-12-38-90(87)106(93)71-51-63-50-64(53-71)54-72(106)52-63/h3-49,59-64,69-74,100H,50-58H2,1-2H3. The zero-order valence-corrected chi connectivity index (χ0v) is 63.5. The van der Waals surface area contributed by atoms with Crippen LogP contribution in [0, 0.1) is 47.3 Å². The second-order valence-corrected chi connectivity index (χ2v) is 36.3. The Bertz CT molecular complexity index is 6560. The van der Waals surface area contributed by atoms with Gasteiger partial charge in [0, 0.05) is 86.5 Å². The van der Waals surface area contributed by atoms with Gasteiger partial charge in [-0.15, -0.1) is 11.3 Å². The predicted octanol–water partition coefficient (Wildman–Crippen LogP) is 29.0. The molecular weight excluding hydrogens is 1360 g/mol. The molecule has 0 saturated heterocycles. The summed E-state index contributed by atoms with van der Waals surface area (Å²) in [5, 5.41) is 4.96. The van der Waals surface area contributed by atoms with E-state index < -0.39 is 0 Å².